The zero-order valence-electron chi connectivity index (χ0n) is 15.4. The van der Waals surface area contributed by atoms with Gasteiger partial charge in [-0.15, -0.1) is 5.10 Å². The Hall–Kier alpha value is -4.13. The lowest BCUT2D eigenvalue weighted by atomic mass is 10.1. The van der Waals surface area contributed by atoms with Crippen LogP contribution in [0.15, 0.2) is 72.8 Å². The van der Waals surface area contributed by atoms with E-state index in [1.807, 2.05) is 65.2 Å². The first-order valence-electron chi connectivity index (χ1n) is 9.12. The highest BCUT2D eigenvalue weighted by Crippen LogP contribution is 2.25. The first-order chi connectivity index (χ1) is 14.1. The van der Waals surface area contributed by atoms with Gasteiger partial charge < -0.3 is 15.4 Å². The summed E-state index contributed by atoms with van der Waals surface area (Å²) in [5.74, 6) is 0.383. The number of carbonyl (C=O) groups is 1. The predicted molar refractivity (Wildman–Crippen MR) is 111 cm³/mol. The largest absolute Gasteiger partial charge is 0.478 e. The lowest BCUT2D eigenvalue weighted by Gasteiger charge is -2.06. The molecule has 0 radical (unpaired) electrons. The molecule has 2 heterocycles. The molecule has 2 aromatic heterocycles. The highest BCUT2D eigenvalue weighted by atomic mass is 16.4. The van der Waals surface area contributed by atoms with E-state index in [1.165, 1.54) is 0 Å². The van der Waals surface area contributed by atoms with Gasteiger partial charge in [-0.05, 0) is 42.0 Å². The molecule has 0 aliphatic rings. The van der Waals surface area contributed by atoms with E-state index < -0.39 is 5.97 Å². The number of nitrogens with two attached hydrogens (primary N) is 1. The highest BCUT2D eigenvalue weighted by molar-refractivity contribution is 5.87. The van der Waals surface area contributed by atoms with E-state index in [0.29, 0.717) is 23.8 Å². The number of anilines is 1. The molecule has 5 aromatic rings. The number of aromatic carboxylic acids is 1. The van der Waals surface area contributed by atoms with Crippen LogP contribution in [0.3, 0.4) is 0 Å². The molecular weight excluding hydrogens is 366 g/mol. The molecule has 7 heteroatoms. The van der Waals surface area contributed by atoms with Crippen LogP contribution in [0.4, 0.5) is 5.69 Å². The third-order valence-corrected chi connectivity index (χ3v) is 4.92. The monoisotopic (exact) mass is 383 g/mol. The van der Waals surface area contributed by atoms with Gasteiger partial charge in [-0.2, -0.15) is 9.50 Å². The Morgan fingerprint density at radius 1 is 0.966 bits per heavy atom. The maximum atomic E-state index is 11.1. The number of hydrogen-bond acceptors (Lipinski definition) is 4. The third kappa shape index (κ3) is 2.89. The normalized spacial score (nSPS) is 11.3. The van der Waals surface area contributed by atoms with E-state index in [9.17, 15) is 4.79 Å². The summed E-state index contributed by atoms with van der Waals surface area (Å²) in [5.41, 5.74) is 10.6. The van der Waals surface area contributed by atoms with Gasteiger partial charge in [-0.1, -0.05) is 36.4 Å². The van der Waals surface area contributed by atoms with Crippen LogP contribution in [0.1, 0.15) is 15.9 Å². The minimum atomic E-state index is -0.936. The third-order valence-electron chi connectivity index (χ3n) is 4.92. The van der Waals surface area contributed by atoms with Gasteiger partial charge in [-0.3, -0.25) is 0 Å². The van der Waals surface area contributed by atoms with Crippen molar-refractivity contribution < 1.29 is 9.90 Å². The Labute approximate surface area is 165 Å². The van der Waals surface area contributed by atoms with Gasteiger partial charge in [0.15, 0.2) is 5.82 Å². The van der Waals surface area contributed by atoms with Crippen molar-refractivity contribution in [3.63, 3.8) is 0 Å². The van der Waals surface area contributed by atoms with E-state index >= 15 is 0 Å². The average Bonchev–Trinajstić information content (AvgIpc) is 3.28. The summed E-state index contributed by atoms with van der Waals surface area (Å²) in [6.07, 6.45) is 0. The van der Waals surface area contributed by atoms with Crippen LogP contribution in [0.25, 0.3) is 28.2 Å². The number of nitrogens with zero attached hydrogens (tertiary/aromatic N) is 4. The maximum Gasteiger partial charge on any atom is 0.335 e. The summed E-state index contributed by atoms with van der Waals surface area (Å²) in [7, 11) is 0. The Balaban J connectivity index is 1.65. The Morgan fingerprint density at radius 3 is 2.45 bits per heavy atom. The molecule has 0 amide bonds. The molecule has 5 rings (SSSR count). The number of imidazole rings is 1. The summed E-state index contributed by atoms with van der Waals surface area (Å²) < 4.78 is 3.91. The van der Waals surface area contributed by atoms with Crippen LogP contribution in [0.5, 0.6) is 0 Å². The number of benzene rings is 3. The summed E-state index contributed by atoms with van der Waals surface area (Å²) in [6.45, 7) is 0.548. The van der Waals surface area contributed by atoms with E-state index in [2.05, 4.69) is 4.57 Å². The first kappa shape index (κ1) is 17.0. The first-order valence-corrected chi connectivity index (χ1v) is 9.12. The van der Waals surface area contributed by atoms with Crippen LogP contribution in [0.2, 0.25) is 0 Å². The van der Waals surface area contributed by atoms with Crippen molar-refractivity contribution in [3.8, 4) is 11.4 Å². The van der Waals surface area contributed by atoms with Crippen molar-refractivity contribution in [2.45, 2.75) is 6.54 Å². The molecule has 0 unspecified atom stereocenters. The number of hydrogen-bond donors (Lipinski definition) is 2. The van der Waals surface area contributed by atoms with Crippen LogP contribution in [0, 0.1) is 0 Å². The molecule has 0 fully saturated rings. The lowest BCUT2D eigenvalue weighted by molar-refractivity contribution is 0.0697. The highest BCUT2D eigenvalue weighted by Gasteiger charge is 2.16. The molecule has 0 bridgehead atoms. The minimum Gasteiger partial charge on any atom is -0.478 e. The van der Waals surface area contributed by atoms with Gasteiger partial charge in [0.25, 0.3) is 0 Å². The smallest absolute Gasteiger partial charge is 0.335 e. The van der Waals surface area contributed by atoms with E-state index in [4.69, 9.17) is 20.9 Å². The zero-order valence-corrected chi connectivity index (χ0v) is 15.4. The second-order valence-electron chi connectivity index (χ2n) is 6.85. The number of aromatic nitrogens is 4. The van der Waals surface area contributed by atoms with Crippen molar-refractivity contribution in [1.29, 1.82) is 0 Å². The molecule has 0 aliphatic heterocycles. The summed E-state index contributed by atoms with van der Waals surface area (Å²) >= 11 is 0. The summed E-state index contributed by atoms with van der Waals surface area (Å²) in [5, 5.41) is 13.8. The van der Waals surface area contributed by atoms with Gasteiger partial charge in [-0.25, -0.2) is 4.79 Å². The summed E-state index contributed by atoms with van der Waals surface area (Å²) in [4.78, 5) is 15.9. The lowest BCUT2D eigenvalue weighted by Crippen LogP contribution is -2.02. The molecule has 0 atom stereocenters. The number of carboxylic acid groups (broad SMARTS) is 1. The molecule has 3 N–H and O–H groups in total. The van der Waals surface area contributed by atoms with Gasteiger partial charge in [0.05, 0.1) is 23.1 Å². The standard InChI is InChI=1S/C22H17N5O2/c23-17-5-3-4-16(12-17)20-24-22-26(13-14-8-10-15(11-9-14)21(28)29)18-6-1-2-7-19(18)27(22)25-20/h1-12H,13,23H2,(H,28,29). The van der Waals surface area contributed by atoms with Crippen molar-refractivity contribution >= 4 is 28.5 Å². The number of carboxylic acids is 1. The van der Waals surface area contributed by atoms with Gasteiger partial charge >= 0.3 is 5.97 Å². The molecule has 142 valence electrons. The molecule has 0 saturated heterocycles. The van der Waals surface area contributed by atoms with Crippen LogP contribution >= 0.6 is 0 Å². The number of nitrogen functional groups attached to an aromatic ring is 1. The zero-order chi connectivity index (χ0) is 20.0. The second-order valence-corrected chi connectivity index (χ2v) is 6.85. The molecule has 7 nitrogen and oxygen atoms in total. The van der Waals surface area contributed by atoms with Gasteiger partial charge in [0.1, 0.15) is 0 Å². The van der Waals surface area contributed by atoms with Crippen molar-refractivity contribution in [1.82, 2.24) is 19.2 Å². The SMILES string of the molecule is Nc1cccc(-c2nc3n(Cc4ccc(C(=O)O)cc4)c4ccccc4n3n2)c1. The van der Waals surface area contributed by atoms with Crippen LogP contribution < -0.4 is 5.73 Å². The molecular formula is C22H17N5O2. The average molecular weight is 383 g/mol. The molecule has 0 saturated carbocycles. The fraction of sp³-hybridized carbons (Fsp3) is 0.0455. The minimum absolute atomic E-state index is 0.266. The van der Waals surface area contributed by atoms with Crippen LogP contribution in [-0.2, 0) is 6.54 Å². The Morgan fingerprint density at radius 2 is 1.72 bits per heavy atom. The van der Waals surface area contributed by atoms with Crippen molar-refractivity contribution in [2.75, 3.05) is 5.73 Å². The summed E-state index contributed by atoms with van der Waals surface area (Å²) in [6, 6.07) is 22.3. The van der Waals surface area contributed by atoms with Crippen LogP contribution in [-0.4, -0.2) is 30.2 Å². The Bertz CT molecular complexity index is 1370. The number of rotatable bonds is 4. The van der Waals surface area contributed by atoms with Gasteiger partial charge in [0.2, 0.25) is 5.78 Å². The van der Waals surface area contributed by atoms with Gasteiger partial charge in [0, 0.05) is 11.3 Å². The maximum absolute atomic E-state index is 11.1. The topological polar surface area (TPSA) is 98.4 Å². The molecule has 3 aromatic carbocycles. The predicted octanol–water partition coefficient (Wildman–Crippen LogP) is 3.68. The molecule has 0 spiro atoms. The van der Waals surface area contributed by atoms with E-state index in [1.54, 1.807) is 12.1 Å². The van der Waals surface area contributed by atoms with E-state index in [0.717, 1.165) is 22.2 Å². The number of fused-ring (bicyclic) bond motifs is 3. The fourth-order valence-electron chi connectivity index (χ4n) is 3.51. The second kappa shape index (κ2) is 6.49. The fourth-order valence-corrected chi connectivity index (χ4v) is 3.51. The molecule has 29 heavy (non-hydrogen) atoms. The molecule has 0 aliphatic carbocycles. The quantitative estimate of drug-likeness (QED) is 0.461. The van der Waals surface area contributed by atoms with Crippen molar-refractivity contribution in [2.24, 2.45) is 0 Å². The number of para-hydroxylation sites is 2. The Kier molecular flexibility index (Phi) is 3.80. The van der Waals surface area contributed by atoms with Crippen molar-refractivity contribution in [3.05, 3.63) is 83.9 Å². The van der Waals surface area contributed by atoms with E-state index in [-0.39, 0.29) is 5.56 Å².